The molecule has 0 aromatic heterocycles. The second-order valence-electron chi connectivity index (χ2n) is 3.96. The molecule has 0 heterocycles. The molecule has 2 atom stereocenters. The zero-order chi connectivity index (χ0) is 11.3. The molecule has 1 saturated carbocycles. The summed E-state index contributed by atoms with van der Waals surface area (Å²) < 4.78 is 40.7. The van der Waals surface area contributed by atoms with Crippen molar-refractivity contribution in [2.24, 2.45) is 0 Å². The van der Waals surface area contributed by atoms with Crippen molar-refractivity contribution in [3.05, 3.63) is 0 Å². The van der Waals surface area contributed by atoms with Gasteiger partial charge in [0.2, 0.25) is 0 Å². The van der Waals surface area contributed by atoms with Gasteiger partial charge in [-0.05, 0) is 32.2 Å². The number of alkyl halides is 3. The Hall–Kier alpha value is -0.290. The van der Waals surface area contributed by atoms with Crippen molar-refractivity contribution in [3.8, 4) is 0 Å². The van der Waals surface area contributed by atoms with E-state index < -0.39 is 12.8 Å². The van der Waals surface area contributed by atoms with Crippen LogP contribution in [0.1, 0.15) is 32.6 Å². The second kappa shape index (κ2) is 5.70. The lowest BCUT2D eigenvalue weighted by Crippen LogP contribution is -2.39. The van der Waals surface area contributed by atoms with Gasteiger partial charge in [-0.25, -0.2) is 0 Å². The average molecular weight is 225 g/mol. The Morgan fingerprint density at radius 1 is 1.33 bits per heavy atom. The van der Waals surface area contributed by atoms with Crippen molar-refractivity contribution in [3.63, 3.8) is 0 Å². The normalized spacial score (nSPS) is 27.2. The highest BCUT2D eigenvalue weighted by atomic mass is 19.4. The number of hydrogen-bond donors (Lipinski definition) is 1. The van der Waals surface area contributed by atoms with Crippen molar-refractivity contribution >= 4 is 0 Å². The SMILES string of the molecule is CCCNC1CCCC1OCC(F)(F)F. The molecule has 2 unspecified atom stereocenters. The summed E-state index contributed by atoms with van der Waals surface area (Å²) in [5.41, 5.74) is 0. The monoisotopic (exact) mass is 225 g/mol. The van der Waals surface area contributed by atoms with E-state index >= 15 is 0 Å². The summed E-state index contributed by atoms with van der Waals surface area (Å²) in [4.78, 5) is 0. The molecule has 0 aromatic rings. The van der Waals surface area contributed by atoms with Gasteiger partial charge < -0.3 is 10.1 Å². The van der Waals surface area contributed by atoms with E-state index in [0.717, 1.165) is 32.2 Å². The lowest BCUT2D eigenvalue weighted by Gasteiger charge is -2.21. The maximum atomic E-state index is 11.9. The first-order valence-electron chi connectivity index (χ1n) is 5.44. The number of nitrogens with one attached hydrogen (secondary N) is 1. The Morgan fingerprint density at radius 3 is 2.67 bits per heavy atom. The molecule has 15 heavy (non-hydrogen) atoms. The Labute approximate surface area is 88.2 Å². The minimum absolute atomic E-state index is 0.104. The van der Waals surface area contributed by atoms with Crippen molar-refractivity contribution in [2.75, 3.05) is 13.2 Å². The van der Waals surface area contributed by atoms with Crippen LogP contribution in [0.2, 0.25) is 0 Å². The van der Waals surface area contributed by atoms with Crippen LogP contribution in [-0.2, 0) is 4.74 Å². The lowest BCUT2D eigenvalue weighted by molar-refractivity contribution is -0.186. The summed E-state index contributed by atoms with van der Waals surface area (Å²) in [6.07, 6.45) is -0.886. The second-order valence-corrected chi connectivity index (χ2v) is 3.96. The molecule has 1 N–H and O–H groups in total. The minimum atomic E-state index is -4.21. The largest absolute Gasteiger partial charge is 0.411 e. The van der Waals surface area contributed by atoms with Crippen molar-refractivity contribution in [1.82, 2.24) is 5.32 Å². The van der Waals surface area contributed by atoms with E-state index in [0.29, 0.717) is 0 Å². The van der Waals surface area contributed by atoms with Gasteiger partial charge in [0.05, 0.1) is 6.10 Å². The first-order chi connectivity index (χ1) is 7.03. The van der Waals surface area contributed by atoms with Crippen LogP contribution in [-0.4, -0.2) is 31.5 Å². The van der Waals surface area contributed by atoms with Gasteiger partial charge in [-0.15, -0.1) is 0 Å². The van der Waals surface area contributed by atoms with Gasteiger partial charge in [0.25, 0.3) is 0 Å². The third-order valence-corrected chi connectivity index (χ3v) is 2.57. The van der Waals surface area contributed by atoms with Gasteiger partial charge in [0, 0.05) is 6.04 Å². The van der Waals surface area contributed by atoms with Crippen LogP contribution >= 0.6 is 0 Å². The van der Waals surface area contributed by atoms with Crippen LogP contribution in [0.3, 0.4) is 0 Å². The van der Waals surface area contributed by atoms with E-state index in [2.05, 4.69) is 5.32 Å². The first-order valence-corrected chi connectivity index (χ1v) is 5.44. The maximum absolute atomic E-state index is 11.9. The highest BCUT2D eigenvalue weighted by molar-refractivity contribution is 4.84. The van der Waals surface area contributed by atoms with Crippen molar-refractivity contribution in [2.45, 2.75) is 50.9 Å². The fourth-order valence-corrected chi connectivity index (χ4v) is 1.89. The quantitative estimate of drug-likeness (QED) is 0.776. The maximum Gasteiger partial charge on any atom is 0.411 e. The third-order valence-electron chi connectivity index (χ3n) is 2.57. The molecule has 1 aliphatic rings. The lowest BCUT2D eigenvalue weighted by atomic mass is 10.2. The predicted molar refractivity (Wildman–Crippen MR) is 51.7 cm³/mol. The standard InChI is InChI=1S/C10H18F3NO/c1-2-6-14-8-4-3-5-9(8)15-7-10(11,12)13/h8-9,14H,2-7H2,1H3. The molecule has 5 heteroatoms. The van der Waals surface area contributed by atoms with Gasteiger partial charge >= 0.3 is 6.18 Å². The fraction of sp³-hybridized carbons (Fsp3) is 1.00. The molecule has 1 aliphatic carbocycles. The molecule has 1 fully saturated rings. The summed E-state index contributed by atoms with van der Waals surface area (Å²) in [7, 11) is 0. The van der Waals surface area contributed by atoms with E-state index in [1.54, 1.807) is 0 Å². The zero-order valence-corrected chi connectivity index (χ0v) is 8.94. The summed E-state index contributed by atoms with van der Waals surface area (Å²) in [6, 6.07) is 0.104. The van der Waals surface area contributed by atoms with Crippen LogP contribution < -0.4 is 5.32 Å². The summed E-state index contributed by atoms with van der Waals surface area (Å²) in [5.74, 6) is 0. The molecule has 0 radical (unpaired) electrons. The number of halogens is 3. The number of hydrogen-bond acceptors (Lipinski definition) is 2. The Morgan fingerprint density at radius 2 is 2.07 bits per heavy atom. The zero-order valence-electron chi connectivity index (χ0n) is 8.94. The topological polar surface area (TPSA) is 21.3 Å². The van der Waals surface area contributed by atoms with Crippen LogP contribution in [0, 0.1) is 0 Å². The molecule has 0 saturated heterocycles. The van der Waals surface area contributed by atoms with Crippen molar-refractivity contribution in [1.29, 1.82) is 0 Å². The minimum Gasteiger partial charge on any atom is -0.367 e. The van der Waals surface area contributed by atoms with Gasteiger partial charge in [0.1, 0.15) is 6.61 Å². The molecule has 0 bridgehead atoms. The Kier molecular flexibility index (Phi) is 4.86. The highest BCUT2D eigenvalue weighted by Crippen LogP contribution is 2.24. The van der Waals surface area contributed by atoms with Gasteiger partial charge in [-0.3, -0.25) is 0 Å². The van der Waals surface area contributed by atoms with Gasteiger partial charge in [-0.1, -0.05) is 6.92 Å². The number of ether oxygens (including phenoxy) is 1. The molecule has 90 valence electrons. The molecular weight excluding hydrogens is 207 g/mol. The summed E-state index contributed by atoms with van der Waals surface area (Å²) >= 11 is 0. The summed E-state index contributed by atoms with van der Waals surface area (Å²) in [5, 5.41) is 3.23. The first kappa shape index (κ1) is 12.8. The third kappa shape index (κ3) is 4.84. The smallest absolute Gasteiger partial charge is 0.367 e. The van der Waals surface area contributed by atoms with E-state index in [1.807, 2.05) is 6.92 Å². The van der Waals surface area contributed by atoms with E-state index in [-0.39, 0.29) is 12.1 Å². The molecule has 0 aliphatic heterocycles. The molecule has 0 amide bonds. The number of rotatable bonds is 5. The molecule has 1 rings (SSSR count). The molecule has 0 aromatic carbocycles. The molecule has 2 nitrogen and oxygen atoms in total. The van der Waals surface area contributed by atoms with E-state index in [4.69, 9.17) is 4.74 Å². The average Bonchev–Trinajstić information content (AvgIpc) is 2.57. The fourth-order valence-electron chi connectivity index (χ4n) is 1.89. The van der Waals surface area contributed by atoms with Gasteiger partial charge in [-0.2, -0.15) is 13.2 Å². The molecular formula is C10H18F3NO. The van der Waals surface area contributed by atoms with Crippen molar-refractivity contribution < 1.29 is 17.9 Å². The highest BCUT2D eigenvalue weighted by Gasteiger charge is 2.33. The Bertz CT molecular complexity index is 184. The molecule has 0 spiro atoms. The van der Waals surface area contributed by atoms with E-state index in [1.165, 1.54) is 0 Å². The predicted octanol–water partition coefficient (Wildman–Crippen LogP) is 2.49. The van der Waals surface area contributed by atoms with Crippen LogP contribution in [0.5, 0.6) is 0 Å². The van der Waals surface area contributed by atoms with E-state index in [9.17, 15) is 13.2 Å². The van der Waals surface area contributed by atoms with Gasteiger partial charge in [0.15, 0.2) is 0 Å². The Balaban J connectivity index is 2.27. The summed E-state index contributed by atoms with van der Waals surface area (Å²) in [6.45, 7) is 1.76. The van der Waals surface area contributed by atoms with Crippen LogP contribution in [0.4, 0.5) is 13.2 Å². The van der Waals surface area contributed by atoms with Crippen LogP contribution in [0.25, 0.3) is 0 Å². The van der Waals surface area contributed by atoms with Crippen LogP contribution in [0.15, 0.2) is 0 Å².